The van der Waals surface area contributed by atoms with E-state index in [4.69, 9.17) is 27.6 Å². The van der Waals surface area contributed by atoms with Crippen LogP contribution in [0.1, 0.15) is 5.56 Å². The van der Waals surface area contributed by atoms with E-state index in [1.54, 1.807) is 6.07 Å². The first-order valence-electron chi connectivity index (χ1n) is 2.12. The molecule has 8 heavy (non-hydrogen) atoms. The summed E-state index contributed by atoms with van der Waals surface area (Å²) >= 11 is 10.8. The van der Waals surface area contributed by atoms with Crippen LogP contribution in [0.4, 0.5) is 0 Å². The predicted octanol–water partition coefficient (Wildman–Crippen LogP) is 2.67. The minimum Gasteiger partial charge on any atom is -0.453 e. The molecule has 0 unspecified atom stereocenters. The van der Waals surface area contributed by atoms with Crippen LogP contribution in [-0.4, -0.2) is 0 Å². The molecule has 1 rings (SSSR count). The van der Waals surface area contributed by atoms with Crippen LogP contribution in [-0.2, 0) is 5.88 Å². The second-order valence-electron chi connectivity index (χ2n) is 1.39. The quantitative estimate of drug-likeness (QED) is 0.562. The van der Waals surface area contributed by atoms with Crippen LogP contribution in [0.25, 0.3) is 0 Å². The first-order valence-corrected chi connectivity index (χ1v) is 3.03. The van der Waals surface area contributed by atoms with Gasteiger partial charge in [0.25, 0.3) is 0 Å². The van der Waals surface area contributed by atoms with Crippen molar-refractivity contribution in [3.63, 3.8) is 0 Å². The van der Waals surface area contributed by atoms with Crippen molar-refractivity contribution >= 4 is 23.2 Å². The van der Waals surface area contributed by atoms with Gasteiger partial charge in [0, 0.05) is 11.6 Å². The SMILES string of the molecule is ClCc1coc(Cl)c1. The summed E-state index contributed by atoms with van der Waals surface area (Å²) in [6.07, 6.45) is 1.54. The van der Waals surface area contributed by atoms with E-state index in [-0.39, 0.29) is 0 Å². The van der Waals surface area contributed by atoms with E-state index >= 15 is 0 Å². The molecule has 1 heterocycles. The maximum Gasteiger partial charge on any atom is 0.193 e. The van der Waals surface area contributed by atoms with Crippen molar-refractivity contribution in [3.05, 3.63) is 23.1 Å². The fraction of sp³-hybridized carbons (Fsp3) is 0.200. The lowest BCUT2D eigenvalue weighted by Crippen LogP contribution is -1.63. The topological polar surface area (TPSA) is 13.1 Å². The summed E-state index contributed by atoms with van der Waals surface area (Å²) in [4.78, 5) is 0. The molecule has 0 spiro atoms. The van der Waals surface area contributed by atoms with Crippen LogP contribution in [0.15, 0.2) is 16.7 Å². The van der Waals surface area contributed by atoms with Gasteiger partial charge in [-0.15, -0.1) is 11.6 Å². The Morgan fingerprint density at radius 1 is 1.62 bits per heavy atom. The highest BCUT2D eigenvalue weighted by molar-refractivity contribution is 6.29. The predicted molar refractivity (Wildman–Crippen MR) is 33.3 cm³/mol. The molecule has 0 aliphatic rings. The highest BCUT2D eigenvalue weighted by atomic mass is 35.5. The summed E-state index contributed by atoms with van der Waals surface area (Å²) in [5, 5.41) is 0.389. The van der Waals surface area contributed by atoms with Crippen molar-refractivity contribution in [2.75, 3.05) is 0 Å². The van der Waals surface area contributed by atoms with Gasteiger partial charge in [0.1, 0.15) is 0 Å². The molecule has 44 valence electrons. The molecule has 3 heteroatoms. The molecule has 0 atom stereocenters. The van der Waals surface area contributed by atoms with Crippen molar-refractivity contribution in [2.24, 2.45) is 0 Å². The van der Waals surface area contributed by atoms with E-state index in [9.17, 15) is 0 Å². The number of rotatable bonds is 1. The molecule has 0 aliphatic heterocycles. The summed E-state index contributed by atoms with van der Waals surface area (Å²) in [7, 11) is 0. The molecule has 0 fully saturated rings. The summed E-state index contributed by atoms with van der Waals surface area (Å²) in [6, 6.07) is 1.69. The molecule has 1 aromatic rings. The fourth-order valence-corrected chi connectivity index (χ4v) is 0.741. The number of hydrogen-bond acceptors (Lipinski definition) is 1. The lowest BCUT2D eigenvalue weighted by atomic mass is 10.4. The van der Waals surface area contributed by atoms with Crippen molar-refractivity contribution < 1.29 is 4.42 Å². The third-order valence-corrected chi connectivity index (χ3v) is 1.28. The molecule has 1 nitrogen and oxygen atoms in total. The maximum absolute atomic E-state index is 5.42. The first kappa shape index (κ1) is 5.99. The molecule has 1 aromatic heterocycles. The van der Waals surface area contributed by atoms with Gasteiger partial charge in [-0.25, -0.2) is 0 Å². The van der Waals surface area contributed by atoms with E-state index < -0.39 is 0 Å². The van der Waals surface area contributed by atoms with Crippen LogP contribution in [0.3, 0.4) is 0 Å². The average molecular weight is 151 g/mol. The zero-order valence-corrected chi connectivity index (χ0v) is 5.54. The largest absolute Gasteiger partial charge is 0.453 e. The molecule has 0 aromatic carbocycles. The number of alkyl halides is 1. The third kappa shape index (κ3) is 1.17. The van der Waals surface area contributed by atoms with Crippen LogP contribution in [0, 0.1) is 0 Å². The van der Waals surface area contributed by atoms with E-state index in [2.05, 4.69) is 0 Å². The van der Waals surface area contributed by atoms with Gasteiger partial charge in [-0.05, 0) is 11.6 Å². The summed E-state index contributed by atoms with van der Waals surface area (Å²) in [5.41, 5.74) is 0.914. The minimum atomic E-state index is 0.389. The van der Waals surface area contributed by atoms with Crippen LogP contribution < -0.4 is 0 Å². The van der Waals surface area contributed by atoms with Crippen molar-refractivity contribution in [1.82, 2.24) is 0 Å². The second kappa shape index (κ2) is 2.42. The molecule has 0 N–H and O–H groups in total. The monoisotopic (exact) mass is 150 g/mol. The molecule has 0 aliphatic carbocycles. The Morgan fingerprint density at radius 2 is 2.38 bits per heavy atom. The Balaban J connectivity index is 2.84. The minimum absolute atomic E-state index is 0.389. The highest BCUT2D eigenvalue weighted by Crippen LogP contribution is 2.13. The van der Waals surface area contributed by atoms with E-state index in [0.29, 0.717) is 11.1 Å². The van der Waals surface area contributed by atoms with Gasteiger partial charge in [-0.2, -0.15) is 0 Å². The van der Waals surface area contributed by atoms with E-state index in [1.165, 1.54) is 6.26 Å². The molecular weight excluding hydrogens is 147 g/mol. The maximum atomic E-state index is 5.42. The number of hydrogen-bond donors (Lipinski definition) is 0. The normalized spacial score (nSPS) is 9.75. The van der Waals surface area contributed by atoms with Gasteiger partial charge in [-0.1, -0.05) is 0 Å². The van der Waals surface area contributed by atoms with E-state index in [0.717, 1.165) is 5.56 Å². The highest BCUT2D eigenvalue weighted by Gasteiger charge is 1.94. The Labute approximate surface area is 57.2 Å². The molecule has 0 radical (unpaired) electrons. The van der Waals surface area contributed by atoms with Gasteiger partial charge in [-0.3, -0.25) is 0 Å². The lowest BCUT2D eigenvalue weighted by molar-refractivity contribution is 0.567. The van der Waals surface area contributed by atoms with Gasteiger partial charge >= 0.3 is 0 Å². The zero-order chi connectivity index (χ0) is 5.98. The molecule has 0 saturated heterocycles. The summed E-state index contributed by atoms with van der Waals surface area (Å²) in [5.74, 6) is 0.455. The van der Waals surface area contributed by atoms with Gasteiger partial charge in [0.2, 0.25) is 0 Å². The van der Waals surface area contributed by atoms with Crippen molar-refractivity contribution in [2.45, 2.75) is 5.88 Å². The van der Waals surface area contributed by atoms with Crippen molar-refractivity contribution in [1.29, 1.82) is 0 Å². The smallest absolute Gasteiger partial charge is 0.193 e. The molecule has 0 saturated carbocycles. The van der Waals surface area contributed by atoms with Crippen LogP contribution in [0.5, 0.6) is 0 Å². The summed E-state index contributed by atoms with van der Waals surface area (Å²) in [6.45, 7) is 0. The van der Waals surface area contributed by atoms with Crippen LogP contribution >= 0.6 is 23.2 Å². The Hall–Kier alpha value is -0.140. The summed E-state index contributed by atoms with van der Waals surface area (Å²) < 4.78 is 4.74. The zero-order valence-electron chi connectivity index (χ0n) is 4.03. The Bertz CT molecular complexity index is 171. The molecule has 0 bridgehead atoms. The standard InChI is InChI=1S/C5H4Cl2O/c6-2-4-1-5(7)8-3-4/h1,3H,2H2. The third-order valence-electron chi connectivity index (χ3n) is 0.776. The van der Waals surface area contributed by atoms with Crippen LogP contribution in [0.2, 0.25) is 5.22 Å². The molecular formula is C5H4Cl2O. The lowest BCUT2D eigenvalue weighted by Gasteiger charge is -1.74. The first-order chi connectivity index (χ1) is 3.83. The second-order valence-corrected chi connectivity index (χ2v) is 2.03. The van der Waals surface area contributed by atoms with Gasteiger partial charge < -0.3 is 4.42 Å². The number of halogens is 2. The average Bonchev–Trinajstić information content (AvgIpc) is 2.14. The Morgan fingerprint density at radius 3 is 2.62 bits per heavy atom. The fourth-order valence-electron chi connectivity index (χ4n) is 0.416. The van der Waals surface area contributed by atoms with E-state index in [1.807, 2.05) is 0 Å². The van der Waals surface area contributed by atoms with Crippen molar-refractivity contribution in [3.8, 4) is 0 Å². The number of furan rings is 1. The van der Waals surface area contributed by atoms with Gasteiger partial charge in [0.05, 0.1) is 12.1 Å². The Kier molecular flexibility index (Phi) is 1.81. The van der Waals surface area contributed by atoms with Gasteiger partial charge in [0.15, 0.2) is 5.22 Å². The molecule has 0 amide bonds.